The monoisotopic (exact) mass is 320 g/mol. The van der Waals surface area contributed by atoms with E-state index in [4.69, 9.17) is 4.74 Å². The van der Waals surface area contributed by atoms with Gasteiger partial charge in [-0.1, -0.05) is 25.1 Å². The summed E-state index contributed by atoms with van der Waals surface area (Å²) in [5.74, 6) is 0.834. The summed E-state index contributed by atoms with van der Waals surface area (Å²) in [7, 11) is 0. The van der Waals surface area contributed by atoms with Gasteiger partial charge in [0.1, 0.15) is 11.9 Å². The molecule has 0 N–H and O–H groups in total. The van der Waals surface area contributed by atoms with Crippen molar-refractivity contribution in [3.63, 3.8) is 0 Å². The Bertz CT molecular complexity index is 808. The average molecular weight is 320 g/mol. The molecule has 3 rings (SSSR count). The van der Waals surface area contributed by atoms with Crippen molar-refractivity contribution in [2.24, 2.45) is 0 Å². The minimum Gasteiger partial charge on any atom is -0.486 e. The van der Waals surface area contributed by atoms with Gasteiger partial charge in [0.05, 0.1) is 23.9 Å². The zero-order valence-electron chi connectivity index (χ0n) is 14.0. The van der Waals surface area contributed by atoms with E-state index in [2.05, 4.69) is 17.9 Å². The van der Waals surface area contributed by atoms with Crippen LogP contribution < -0.4 is 9.64 Å². The van der Waals surface area contributed by atoms with Crippen molar-refractivity contribution in [1.82, 2.24) is 0 Å². The van der Waals surface area contributed by atoms with Gasteiger partial charge in [-0.15, -0.1) is 0 Å². The van der Waals surface area contributed by atoms with Gasteiger partial charge in [-0.25, -0.2) is 0 Å². The molecule has 0 radical (unpaired) electrons. The molecular weight excluding hydrogens is 300 g/mol. The van der Waals surface area contributed by atoms with Crippen molar-refractivity contribution >= 4 is 11.5 Å². The Morgan fingerprint density at radius 1 is 1.33 bits per heavy atom. The normalized spacial score (nSPS) is 16.0. The lowest BCUT2D eigenvalue weighted by molar-refractivity contribution is 0.101. The summed E-state index contributed by atoms with van der Waals surface area (Å²) in [6.07, 6.45) is 1.01. The van der Waals surface area contributed by atoms with E-state index in [9.17, 15) is 10.1 Å². The number of carbonyl (C=O) groups excluding carboxylic acids is 1. The number of ether oxygens (including phenoxy) is 1. The molecule has 4 heteroatoms. The molecular formula is C20H20N2O2. The highest BCUT2D eigenvalue weighted by atomic mass is 16.5. The number of hydrogen-bond donors (Lipinski definition) is 0. The lowest BCUT2D eigenvalue weighted by Gasteiger charge is -2.36. The third-order valence-electron chi connectivity index (χ3n) is 4.38. The topological polar surface area (TPSA) is 53.3 Å². The van der Waals surface area contributed by atoms with Crippen LogP contribution in [0.2, 0.25) is 0 Å². The van der Waals surface area contributed by atoms with Crippen LogP contribution in [0.25, 0.3) is 0 Å². The third kappa shape index (κ3) is 3.11. The van der Waals surface area contributed by atoms with Crippen LogP contribution in [-0.2, 0) is 6.54 Å². The van der Waals surface area contributed by atoms with Gasteiger partial charge in [0, 0.05) is 12.1 Å². The van der Waals surface area contributed by atoms with Crippen LogP contribution >= 0.6 is 0 Å². The molecule has 0 fully saturated rings. The highest BCUT2D eigenvalue weighted by molar-refractivity contribution is 5.95. The third-order valence-corrected chi connectivity index (χ3v) is 4.38. The summed E-state index contributed by atoms with van der Waals surface area (Å²) in [5, 5.41) is 9.32. The quantitative estimate of drug-likeness (QED) is 0.801. The predicted octanol–water partition coefficient (Wildman–Crippen LogP) is 3.94. The smallest absolute Gasteiger partial charge is 0.159 e. The molecule has 2 aromatic carbocycles. The predicted molar refractivity (Wildman–Crippen MR) is 93.4 cm³/mol. The van der Waals surface area contributed by atoms with Crippen molar-refractivity contribution in [3.8, 4) is 11.8 Å². The summed E-state index contributed by atoms with van der Waals surface area (Å²) < 4.78 is 6.02. The van der Waals surface area contributed by atoms with Gasteiger partial charge >= 0.3 is 0 Å². The largest absolute Gasteiger partial charge is 0.486 e. The second-order valence-electron chi connectivity index (χ2n) is 6.04. The first kappa shape index (κ1) is 16.1. The van der Waals surface area contributed by atoms with E-state index < -0.39 is 0 Å². The molecule has 1 aliphatic rings. The fourth-order valence-electron chi connectivity index (χ4n) is 2.98. The number of nitriles is 1. The first-order chi connectivity index (χ1) is 11.6. The summed E-state index contributed by atoms with van der Waals surface area (Å²) in [4.78, 5) is 13.9. The first-order valence-electron chi connectivity index (χ1n) is 8.17. The number of anilines is 1. The number of rotatable bonds is 4. The van der Waals surface area contributed by atoms with Crippen LogP contribution in [0, 0.1) is 11.3 Å². The van der Waals surface area contributed by atoms with E-state index in [0.717, 1.165) is 30.0 Å². The van der Waals surface area contributed by atoms with Crippen molar-refractivity contribution in [2.45, 2.75) is 32.9 Å². The molecule has 0 saturated heterocycles. The zero-order valence-corrected chi connectivity index (χ0v) is 14.0. The molecule has 0 bridgehead atoms. The van der Waals surface area contributed by atoms with Crippen LogP contribution in [-0.4, -0.2) is 18.4 Å². The Kier molecular flexibility index (Phi) is 4.52. The van der Waals surface area contributed by atoms with Gasteiger partial charge in [0.25, 0.3) is 0 Å². The number of ketones is 1. The SMILES string of the molecule is CCC1CN(Cc2ccccc2C#N)c2cc(C(C)=O)ccc2O1. The van der Waals surface area contributed by atoms with Gasteiger partial charge < -0.3 is 9.64 Å². The van der Waals surface area contributed by atoms with Gasteiger partial charge in [-0.2, -0.15) is 5.26 Å². The van der Waals surface area contributed by atoms with Crippen LogP contribution in [0.1, 0.15) is 41.8 Å². The van der Waals surface area contributed by atoms with Gasteiger partial charge in [-0.3, -0.25) is 4.79 Å². The fraction of sp³-hybridized carbons (Fsp3) is 0.300. The molecule has 2 aromatic rings. The number of benzene rings is 2. The lowest BCUT2D eigenvalue weighted by Crippen LogP contribution is -2.39. The Morgan fingerprint density at radius 3 is 2.83 bits per heavy atom. The average Bonchev–Trinajstić information content (AvgIpc) is 2.61. The minimum absolute atomic E-state index is 0.0350. The van der Waals surface area contributed by atoms with Crippen LogP contribution in [0.15, 0.2) is 42.5 Å². The van der Waals surface area contributed by atoms with Crippen molar-refractivity contribution in [3.05, 3.63) is 59.2 Å². The summed E-state index contributed by atoms with van der Waals surface area (Å²) in [6, 6.07) is 15.4. The number of Topliss-reactive ketones (excluding diaryl/α,β-unsaturated/α-hetero) is 1. The van der Waals surface area contributed by atoms with Crippen molar-refractivity contribution in [1.29, 1.82) is 5.26 Å². The molecule has 1 aliphatic heterocycles. The highest BCUT2D eigenvalue weighted by Crippen LogP contribution is 2.36. The Hall–Kier alpha value is -2.80. The maximum absolute atomic E-state index is 11.7. The van der Waals surface area contributed by atoms with E-state index >= 15 is 0 Å². The Balaban J connectivity index is 1.99. The Morgan fingerprint density at radius 2 is 2.12 bits per heavy atom. The molecule has 4 nitrogen and oxygen atoms in total. The molecule has 0 saturated carbocycles. The van der Waals surface area contributed by atoms with Crippen molar-refractivity contribution in [2.75, 3.05) is 11.4 Å². The van der Waals surface area contributed by atoms with Crippen LogP contribution in [0.5, 0.6) is 5.75 Å². The number of hydrogen-bond acceptors (Lipinski definition) is 4. The molecule has 1 unspecified atom stereocenters. The molecule has 1 atom stereocenters. The molecule has 24 heavy (non-hydrogen) atoms. The minimum atomic E-state index is 0.0350. The van der Waals surface area contributed by atoms with Crippen LogP contribution in [0.3, 0.4) is 0 Å². The summed E-state index contributed by atoms with van der Waals surface area (Å²) in [5.41, 5.74) is 3.25. The zero-order chi connectivity index (χ0) is 17.1. The highest BCUT2D eigenvalue weighted by Gasteiger charge is 2.26. The lowest BCUT2D eigenvalue weighted by atomic mass is 10.0. The van der Waals surface area contributed by atoms with Gasteiger partial charge in [0.15, 0.2) is 5.78 Å². The first-order valence-corrected chi connectivity index (χ1v) is 8.17. The van der Waals surface area contributed by atoms with Gasteiger partial charge in [-0.05, 0) is 43.2 Å². The van der Waals surface area contributed by atoms with E-state index in [1.807, 2.05) is 36.4 Å². The Labute approximate surface area is 142 Å². The van der Waals surface area contributed by atoms with Gasteiger partial charge in [0.2, 0.25) is 0 Å². The second kappa shape index (κ2) is 6.76. The molecule has 122 valence electrons. The fourth-order valence-corrected chi connectivity index (χ4v) is 2.98. The summed E-state index contributed by atoms with van der Waals surface area (Å²) in [6.45, 7) is 5.03. The van der Waals surface area contributed by atoms with E-state index in [1.165, 1.54) is 0 Å². The molecule has 0 spiro atoms. The number of carbonyl (C=O) groups is 1. The summed E-state index contributed by atoms with van der Waals surface area (Å²) >= 11 is 0. The van der Waals surface area contributed by atoms with E-state index in [1.54, 1.807) is 13.0 Å². The number of nitrogens with zero attached hydrogens (tertiary/aromatic N) is 2. The maximum Gasteiger partial charge on any atom is 0.159 e. The second-order valence-corrected chi connectivity index (χ2v) is 6.04. The molecule has 0 aromatic heterocycles. The van der Waals surface area contributed by atoms with Crippen LogP contribution in [0.4, 0.5) is 5.69 Å². The standard InChI is InChI=1S/C20H20N2O2/c1-3-18-13-22(12-17-7-5-4-6-16(17)11-21)19-10-15(14(2)23)8-9-20(19)24-18/h4-10,18H,3,12-13H2,1-2H3. The molecule has 1 heterocycles. The van der Waals surface area contributed by atoms with E-state index in [-0.39, 0.29) is 11.9 Å². The maximum atomic E-state index is 11.7. The van der Waals surface area contributed by atoms with Crippen molar-refractivity contribution < 1.29 is 9.53 Å². The van der Waals surface area contributed by atoms with E-state index in [0.29, 0.717) is 17.7 Å². The molecule has 0 amide bonds. The molecule has 0 aliphatic carbocycles. The number of fused-ring (bicyclic) bond motifs is 1.